The molecule has 2 aromatic rings. The van der Waals surface area contributed by atoms with Crippen molar-refractivity contribution in [2.45, 2.75) is 31.9 Å². The molecule has 1 saturated heterocycles. The van der Waals surface area contributed by atoms with E-state index >= 15 is 0 Å². The van der Waals surface area contributed by atoms with Gasteiger partial charge in [0.25, 0.3) is 11.8 Å². The topological polar surface area (TPSA) is 91.0 Å². The fraction of sp³-hybridized carbons (Fsp3) is 0.333. The van der Waals surface area contributed by atoms with Crippen LogP contribution in [0.2, 0.25) is 0 Å². The molecule has 154 valence electrons. The highest BCUT2D eigenvalue weighted by Gasteiger charge is 2.47. The van der Waals surface area contributed by atoms with Gasteiger partial charge in [0.15, 0.2) is 0 Å². The van der Waals surface area contributed by atoms with E-state index in [0.717, 1.165) is 16.0 Å². The third-order valence-corrected chi connectivity index (χ3v) is 4.58. The van der Waals surface area contributed by atoms with Crippen molar-refractivity contribution in [3.05, 3.63) is 53.3 Å². The maximum absolute atomic E-state index is 13.5. The Morgan fingerprint density at radius 1 is 1.40 bits per heavy atom. The van der Waals surface area contributed by atoms with Crippen molar-refractivity contribution in [3.63, 3.8) is 0 Å². The molecule has 7 nitrogen and oxygen atoms in total. The molecule has 9 heteroatoms. The van der Waals surface area contributed by atoms with Crippen molar-refractivity contribution in [2.24, 2.45) is 0 Å². The molecule has 1 N–H and O–H groups in total. The summed E-state index contributed by atoms with van der Waals surface area (Å²) in [7, 11) is 0. The van der Waals surface area contributed by atoms with Crippen LogP contribution in [0.4, 0.5) is 8.78 Å². The SMILES string of the molecule is CC#Cc1cccc(Cn2cc(C(=O)NCC(=O)N3CC(F)(F)C[C@H]3C#N)cn2)c1. The Hall–Kier alpha value is -3.72. The van der Waals surface area contributed by atoms with Crippen molar-refractivity contribution >= 4 is 11.8 Å². The van der Waals surface area contributed by atoms with Crippen LogP contribution in [0.3, 0.4) is 0 Å². The minimum atomic E-state index is -3.10. The first-order chi connectivity index (χ1) is 14.3. The van der Waals surface area contributed by atoms with Crippen molar-refractivity contribution in [2.75, 3.05) is 13.1 Å². The van der Waals surface area contributed by atoms with Gasteiger partial charge in [0.1, 0.15) is 6.04 Å². The molecule has 30 heavy (non-hydrogen) atoms. The number of aromatic nitrogens is 2. The van der Waals surface area contributed by atoms with Crippen LogP contribution in [0.1, 0.15) is 34.8 Å². The molecule has 1 aromatic carbocycles. The fourth-order valence-corrected chi connectivity index (χ4v) is 3.20. The highest BCUT2D eigenvalue weighted by atomic mass is 19.3. The highest BCUT2D eigenvalue weighted by molar-refractivity contribution is 5.96. The van der Waals surface area contributed by atoms with Gasteiger partial charge < -0.3 is 10.2 Å². The summed E-state index contributed by atoms with van der Waals surface area (Å²) >= 11 is 0. The van der Waals surface area contributed by atoms with Gasteiger partial charge in [-0.1, -0.05) is 18.1 Å². The molecule has 1 aromatic heterocycles. The Morgan fingerprint density at radius 3 is 2.93 bits per heavy atom. The first-order valence-electron chi connectivity index (χ1n) is 9.20. The number of likely N-dealkylation sites (tertiary alicyclic amines) is 1. The number of amides is 2. The first kappa shape index (κ1) is 21.0. The molecule has 0 spiro atoms. The number of nitriles is 1. The van der Waals surface area contributed by atoms with E-state index in [1.54, 1.807) is 17.7 Å². The zero-order valence-electron chi connectivity index (χ0n) is 16.2. The Kier molecular flexibility index (Phi) is 6.12. The van der Waals surface area contributed by atoms with Crippen molar-refractivity contribution in [1.82, 2.24) is 20.0 Å². The third kappa shape index (κ3) is 5.00. The minimum absolute atomic E-state index is 0.232. The molecule has 0 bridgehead atoms. The summed E-state index contributed by atoms with van der Waals surface area (Å²) in [5.41, 5.74) is 2.07. The largest absolute Gasteiger partial charge is 0.343 e. The van der Waals surface area contributed by atoms with Gasteiger partial charge in [0.2, 0.25) is 5.91 Å². The lowest BCUT2D eigenvalue weighted by atomic mass is 10.1. The van der Waals surface area contributed by atoms with Gasteiger partial charge in [-0.3, -0.25) is 14.3 Å². The average Bonchev–Trinajstić information content (AvgIpc) is 3.30. The predicted molar refractivity (Wildman–Crippen MR) is 103 cm³/mol. The number of rotatable bonds is 5. The van der Waals surface area contributed by atoms with Crippen LogP contribution in [0.15, 0.2) is 36.7 Å². The molecular weight excluding hydrogens is 392 g/mol. The van der Waals surface area contributed by atoms with E-state index in [4.69, 9.17) is 5.26 Å². The predicted octanol–water partition coefficient (Wildman–Crippen LogP) is 1.79. The number of carbonyl (C=O) groups is 2. The van der Waals surface area contributed by atoms with Crippen LogP contribution in [0.5, 0.6) is 0 Å². The van der Waals surface area contributed by atoms with Crippen molar-refractivity contribution < 1.29 is 18.4 Å². The van der Waals surface area contributed by atoms with Crippen LogP contribution < -0.4 is 5.32 Å². The Bertz CT molecular complexity index is 1060. The second kappa shape index (κ2) is 8.75. The van der Waals surface area contributed by atoms with Crippen molar-refractivity contribution in [3.8, 4) is 17.9 Å². The zero-order chi connectivity index (χ0) is 21.7. The molecule has 1 atom stereocenters. The smallest absolute Gasteiger partial charge is 0.268 e. The summed E-state index contributed by atoms with van der Waals surface area (Å²) in [4.78, 5) is 25.2. The van der Waals surface area contributed by atoms with E-state index in [1.165, 1.54) is 12.4 Å². The van der Waals surface area contributed by atoms with Crippen LogP contribution >= 0.6 is 0 Å². The second-order valence-corrected chi connectivity index (χ2v) is 6.91. The number of hydrogen-bond donors (Lipinski definition) is 1. The van der Waals surface area contributed by atoms with E-state index in [-0.39, 0.29) is 5.56 Å². The van der Waals surface area contributed by atoms with E-state index in [0.29, 0.717) is 6.54 Å². The molecule has 0 radical (unpaired) electrons. The van der Waals surface area contributed by atoms with Crippen LogP contribution in [0, 0.1) is 23.2 Å². The number of carbonyl (C=O) groups excluding carboxylic acids is 2. The van der Waals surface area contributed by atoms with E-state index in [1.807, 2.05) is 24.3 Å². The molecular formula is C21H19F2N5O2. The number of halogens is 2. The van der Waals surface area contributed by atoms with Crippen LogP contribution in [0.25, 0.3) is 0 Å². The Morgan fingerprint density at radius 2 is 2.20 bits per heavy atom. The van der Waals surface area contributed by atoms with Gasteiger partial charge in [-0.15, -0.1) is 5.92 Å². The number of benzene rings is 1. The Labute approximate surface area is 172 Å². The molecule has 1 aliphatic heterocycles. The van der Waals surface area contributed by atoms with Gasteiger partial charge in [-0.05, 0) is 24.6 Å². The maximum Gasteiger partial charge on any atom is 0.268 e. The number of alkyl halides is 2. The molecule has 1 fully saturated rings. The van der Waals surface area contributed by atoms with Gasteiger partial charge in [-0.25, -0.2) is 8.78 Å². The van der Waals surface area contributed by atoms with Crippen LogP contribution in [-0.2, 0) is 11.3 Å². The van der Waals surface area contributed by atoms with Gasteiger partial charge in [0, 0.05) is 18.2 Å². The maximum atomic E-state index is 13.5. The van der Waals surface area contributed by atoms with E-state index in [2.05, 4.69) is 22.3 Å². The number of nitrogens with one attached hydrogen (secondary N) is 1. The monoisotopic (exact) mass is 411 g/mol. The molecule has 0 saturated carbocycles. The lowest BCUT2D eigenvalue weighted by Gasteiger charge is -2.19. The molecule has 3 rings (SSSR count). The van der Waals surface area contributed by atoms with Gasteiger partial charge in [-0.2, -0.15) is 10.4 Å². The third-order valence-electron chi connectivity index (χ3n) is 4.58. The summed E-state index contributed by atoms with van der Waals surface area (Å²) in [5, 5.41) is 15.5. The normalized spacial score (nSPS) is 17.0. The molecule has 0 unspecified atom stereocenters. The van der Waals surface area contributed by atoms with E-state index < -0.39 is 43.3 Å². The summed E-state index contributed by atoms with van der Waals surface area (Å²) in [6, 6.07) is 8.12. The lowest BCUT2D eigenvalue weighted by molar-refractivity contribution is -0.131. The van der Waals surface area contributed by atoms with E-state index in [9.17, 15) is 18.4 Å². The molecule has 1 aliphatic rings. The number of hydrogen-bond acceptors (Lipinski definition) is 4. The highest BCUT2D eigenvalue weighted by Crippen LogP contribution is 2.31. The van der Waals surface area contributed by atoms with Crippen molar-refractivity contribution in [1.29, 1.82) is 5.26 Å². The summed E-state index contributed by atoms with van der Waals surface area (Å²) in [6.45, 7) is 0.888. The summed E-state index contributed by atoms with van der Waals surface area (Å²) < 4.78 is 28.5. The Balaban J connectivity index is 1.57. The number of nitrogens with zero attached hydrogens (tertiary/aromatic N) is 4. The average molecular weight is 411 g/mol. The van der Waals surface area contributed by atoms with Gasteiger partial charge in [0.05, 0.1) is 37.5 Å². The molecule has 0 aliphatic carbocycles. The zero-order valence-corrected chi connectivity index (χ0v) is 16.2. The minimum Gasteiger partial charge on any atom is -0.343 e. The lowest BCUT2D eigenvalue weighted by Crippen LogP contribution is -2.42. The molecule has 2 heterocycles. The summed E-state index contributed by atoms with van der Waals surface area (Å²) in [5.74, 6) is 1.43. The van der Waals surface area contributed by atoms with Crippen LogP contribution in [-0.4, -0.2) is 51.5 Å². The second-order valence-electron chi connectivity index (χ2n) is 6.91. The van der Waals surface area contributed by atoms with Gasteiger partial charge >= 0.3 is 0 Å². The fourth-order valence-electron chi connectivity index (χ4n) is 3.20. The molecule has 2 amide bonds. The first-order valence-corrected chi connectivity index (χ1v) is 9.20. The quantitative estimate of drug-likeness (QED) is 0.760. The summed E-state index contributed by atoms with van der Waals surface area (Å²) in [6.07, 6.45) is 2.19. The standard InChI is InChI=1S/C21H19F2N5O2/c1-2-4-15-5-3-6-16(7-15)12-27-13-17(10-26-27)20(30)25-11-19(29)28-14-21(22,23)8-18(28)9-24/h3,5-7,10,13,18H,8,11-12,14H2,1H3,(H,25,30)/t18-/m0/s1.